The van der Waals surface area contributed by atoms with E-state index in [2.05, 4.69) is 0 Å². The van der Waals surface area contributed by atoms with E-state index in [0.717, 1.165) is 6.92 Å². The van der Waals surface area contributed by atoms with Gasteiger partial charge in [-0.1, -0.05) is 0 Å². The maximum atomic E-state index is 13.2. The van der Waals surface area contributed by atoms with Crippen LogP contribution in [-0.4, -0.2) is 47.9 Å². The van der Waals surface area contributed by atoms with Crippen LogP contribution in [0.5, 0.6) is 0 Å². The Morgan fingerprint density at radius 3 is 2.05 bits per heavy atom. The van der Waals surface area contributed by atoms with Crippen LogP contribution in [0.2, 0.25) is 0 Å². The molecule has 6 heteroatoms. The number of carbonyl (C=O) groups excluding carboxylic acids is 1. The van der Waals surface area contributed by atoms with Crippen molar-refractivity contribution >= 4 is 5.78 Å². The van der Waals surface area contributed by atoms with Crippen LogP contribution in [0.3, 0.4) is 0 Å². The van der Waals surface area contributed by atoms with Crippen molar-refractivity contribution in [3.8, 4) is 0 Å². The largest absolute Gasteiger partial charge is 0.403 e. The van der Waals surface area contributed by atoms with E-state index in [0.29, 0.717) is 0 Å². The Morgan fingerprint density at radius 2 is 1.74 bits per heavy atom. The molecule has 0 bridgehead atoms. The van der Waals surface area contributed by atoms with E-state index in [1.54, 1.807) is 39.8 Å². The van der Waals surface area contributed by atoms with Crippen LogP contribution in [0.15, 0.2) is 11.9 Å². The summed E-state index contributed by atoms with van der Waals surface area (Å²) < 4.78 is 39.5. The molecule has 0 aromatic rings. The van der Waals surface area contributed by atoms with Gasteiger partial charge >= 0.3 is 6.18 Å². The monoisotopic (exact) mass is 278 g/mol. The van der Waals surface area contributed by atoms with Crippen LogP contribution in [-0.2, 0) is 4.79 Å². The minimum Gasteiger partial charge on any atom is -0.382 e. The number of halogens is 3. The highest BCUT2D eigenvalue weighted by atomic mass is 19.4. The SMILES string of the molecule is CN(C)/C=C1\C(=O)C(C)(C(F)(F)F)CN1C(C)(C)C. The summed E-state index contributed by atoms with van der Waals surface area (Å²) in [5.74, 6) is -0.858. The summed E-state index contributed by atoms with van der Waals surface area (Å²) in [6.07, 6.45) is -3.08. The molecule has 1 atom stereocenters. The summed E-state index contributed by atoms with van der Waals surface area (Å²) in [6.45, 7) is 6.03. The second-order valence-corrected chi connectivity index (χ2v) is 6.39. The summed E-state index contributed by atoms with van der Waals surface area (Å²) >= 11 is 0. The van der Waals surface area contributed by atoms with Gasteiger partial charge in [0.15, 0.2) is 5.78 Å². The highest BCUT2D eigenvalue weighted by Crippen LogP contribution is 2.48. The molecular weight excluding hydrogens is 257 g/mol. The minimum absolute atomic E-state index is 0.123. The Hall–Kier alpha value is -1.20. The molecule has 0 N–H and O–H groups in total. The van der Waals surface area contributed by atoms with E-state index < -0.39 is 22.9 Å². The number of allylic oxidation sites excluding steroid dienone is 1. The Kier molecular flexibility index (Phi) is 3.69. The fraction of sp³-hybridized carbons (Fsp3) is 0.769. The second-order valence-electron chi connectivity index (χ2n) is 6.39. The van der Waals surface area contributed by atoms with Crippen LogP contribution in [0.4, 0.5) is 13.2 Å². The topological polar surface area (TPSA) is 23.6 Å². The van der Waals surface area contributed by atoms with E-state index in [-0.39, 0.29) is 12.2 Å². The number of likely N-dealkylation sites (tertiary alicyclic amines) is 1. The van der Waals surface area contributed by atoms with Crippen LogP contribution in [0.25, 0.3) is 0 Å². The summed E-state index contributed by atoms with van der Waals surface area (Å²) in [5.41, 5.74) is -2.75. The summed E-state index contributed by atoms with van der Waals surface area (Å²) in [4.78, 5) is 15.3. The first-order chi connectivity index (χ1) is 8.30. The second kappa shape index (κ2) is 4.42. The quantitative estimate of drug-likeness (QED) is 0.689. The van der Waals surface area contributed by atoms with E-state index >= 15 is 0 Å². The molecule has 19 heavy (non-hydrogen) atoms. The fourth-order valence-corrected chi connectivity index (χ4v) is 2.07. The normalized spacial score (nSPS) is 27.3. The summed E-state index contributed by atoms with van der Waals surface area (Å²) in [6, 6.07) is 0. The number of alkyl halides is 3. The molecule has 3 nitrogen and oxygen atoms in total. The molecule has 0 aliphatic carbocycles. The molecule has 1 heterocycles. The van der Waals surface area contributed by atoms with E-state index in [4.69, 9.17) is 0 Å². The van der Waals surface area contributed by atoms with Gasteiger partial charge in [0.25, 0.3) is 0 Å². The zero-order valence-corrected chi connectivity index (χ0v) is 12.2. The van der Waals surface area contributed by atoms with Crippen molar-refractivity contribution in [1.29, 1.82) is 0 Å². The van der Waals surface area contributed by atoms with Gasteiger partial charge in [-0.2, -0.15) is 13.2 Å². The number of ketones is 1. The Morgan fingerprint density at radius 1 is 1.26 bits per heavy atom. The van der Waals surface area contributed by atoms with Crippen LogP contribution in [0, 0.1) is 5.41 Å². The predicted molar refractivity (Wildman–Crippen MR) is 67.4 cm³/mol. The van der Waals surface area contributed by atoms with E-state index in [1.165, 1.54) is 11.1 Å². The van der Waals surface area contributed by atoms with Crippen LogP contribution >= 0.6 is 0 Å². The van der Waals surface area contributed by atoms with E-state index in [1.807, 2.05) is 0 Å². The van der Waals surface area contributed by atoms with Gasteiger partial charge in [-0.15, -0.1) is 0 Å². The lowest BCUT2D eigenvalue weighted by Crippen LogP contribution is -2.45. The van der Waals surface area contributed by atoms with Crippen LogP contribution in [0.1, 0.15) is 27.7 Å². The van der Waals surface area contributed by atoms with Gasteiger partial charge in [0, 0.05) is 32.4 Å². The van der Waals surface area contributed by atoms with Gasteiger partial charge in [0.05, 0.1) is 5.70 Å². The number of rotatable bonds is 1. The molecule has 0 spiro atoms. The third kappa shape index (κ3) is 2.72. The van der Waals surface area contributed by atoms with Gasteiger partial charge in [0.2, 0.25) is 0 Å². The first kappa shape index (κ1) is 15.9. The van der Waals surface area contributed by atoms with Crippen molar-refractivity contribution in [3.63, 3.8) is 0 Å². The molecule has 0 aromatic carbocycles. The smallest absolute Gasteiger partial charge is 0.382 e. The van der Waals surface area contributed by atoms with Gasteiger partial charge in [-0.05, 0) is 27.7 Å². The third-order valence-corrected chi connectivity index (χ3v) is 3.31. The molecule has 110 valence electrons. The lowest BCUT2D eigenvalue weighted by Gasteiger charge is -2.35. The first-order valence-corrected chi connectivity index (χ1v) is 6.08. The molecule has 1 aliphatic rings. The highest BCUT2D eigenvalue weighted by Gasteiger charge is 2.63. The number of Topliss-reactive ketones (excluding diaryl/α,β-unsaturated/α-hetero) is 1. The van der Waals surface area contributed by atoms with Crippen molar-refractivity contribution in [2.45, 2.75) is 39.4 Å². The average Bonchev–Trinajstić information content (AvgIpc) is 2.41. The molecular formula is C13H21F3N2O. The summed E-state index contributed by atoms with van der Waals surface area (Å²) in [7, 11) is 3.37. The zero-order valence-electron chi connectivity index (χ0n) is 12.2. The van der Waals surface area contributed by atoms with Gasteiger partial charge in [-0.3, -0.25) is 4.79 Å². The maximum Gasteiger partial charge on any atom is 0.403 e. The highest BCUT2D eigenvalue weighted by molar-refractivity contribution is 6.02. The summed E-state index contributed by atoms with van der Waals surface area (Å²) in [5, 5.41) is 0. The third-order valence-electron chi connectivity index (χ3n) is 3.31. The van der Waals surface area contributed by atoms with Crippen molar-refractivity contribution in [2.75, 3.05) is 20.6 Å². The number of hydrogen-bond acceptors (Lipinski definition) is 3. The number of carbonyl (C=O) groups is 1. The van der Waals surface area contributed by atoms with Gasteiger partial charge in [0.1, 0.15) is 5.41 Å². The van der Waals surface area contributed by atoms with Crippen molar-refractivity contribution < 1.29 is 18.0 Å². The molecule has 1 saturated heterocycles. The van der Waals surface area contributed by atoms with Crippen molar-refractivity contribution in [1.82, 2.24) is 9.80 Å². The molecule has 1 aliphatic heterocycles. The minimum atomic E-state index is -4.55. The fourth-order valence-electron chi connectivity index (χ4n) is 2.07. The van der Waals surface area contributed by atoms with E-state index in [9.17, 15) is 18.0 Å². The van der Waals surface area contributed by atoms with Crippen molar-refractivity contribution in [2.24, 2.45) is 5.41 Å². The molecule has 0 radical (unpaired) electrons. The number of nitrogens with zero attached hydrogens (tertiary/aromatic N) is 2. The lowest BCUT2D eigenvalue weighted by atomic mass is 9.87. The molecule has 0 saturated carbocycles. The van der Waals surface area contributed by atoms with Gasteiger partial charge in [-0.25, -0.2) is 0 Å². The first-order valence-electron chi connectivity index (χ1n) is 6.08. The Balaban J connectivity index is 3.34. The van der Waals surface area contributed by atoms with Crippen molar-refractivity contribution in [3.05, 3.63) is 11.9 Å². The molecule has 1 unspecified atom stereocenters. The van der Waals surface area contributed by atoms with Crippen LogP contribution < -0.4 is 0 Å². The Labute approximate surface area is 112 Å². The Bertz CT molecular complexity index is 407. The maximum absolute atomic E-state index is 13.2. The predicted octanol–water partition coefficient (Wildman–Crippen LogP) is 2.64. The lowest BCUT2D eigenvalue weighted by molar-refractivity contribution is -0.210. The molecule has 1 rings (SSSR count). The average molecular weight is 278 g/mol. The zero-order chi connectivity index (χ0) is 15.2. The van der Waals surface area contributed by atoms with Gasteiger partial charge < -0.3 is 9.80 Å². The standard InChI is InChI=1S/C13H21F3N2O/c1-11(2,3)18-8-12(4,13(14,15)16)10(19)9(18)7-17(5)6/h7H,8H2,1-6H3/b9-7+. The molecule has 0 amide bonds. The number of hydrogen-bond donors (Lipinski definition) is 0. The molecule has 0 aromatic heterocycles. The molecule has 1 fully saturated rings.